The van der Waals surface area contributed by atoms with Gasteiger partial charge in [0.05, 0.1) is 19.4 Å². The van der Waals surface area contributed by atoms with Crippen molar-refractivity contribution < 1.29 is 9.13 Å². The maximum absolute atomic E-state index is 14.3. The van der Waals surface area contributed by atoms with E-state index in [1.165, 1.54) is 11.8 Å². The summed E-state index contributed by atoms with van der Waals surface area (Å²) in [6.07, 6.45) is 2.14. The molecule has 4 rings (SSSR count). The quantitative estimate of drug-likeness (QED) is 0.611. The van der Waals surface area contributed by atoms with Crippen molar-refractivity contribution in [1.29, 1.82) is 0 Å². The molecule has 0 spiro atoms. The Kier molecular flexibility index (Phi) is 6.09. The third-order valence-electron chi connectivity index (χ3n) is 5.23. The Morgan fingerprint density at radius 3 is 2.47 bits per heavy atom. The number of aromatic nitrogens is 2. The molecule has 30 heavy (non-hydrogen) atoms. The van der Waals surface area contributed by atoms with Gasteiger partial charge in [-0.2, -0.15) is 4.98 Å². The van der Waals surface area contributed by atoms with E-state index in [-0.39, 0.29) is 5.82 Å². The third kappa shape index (κ3) is 4.68. The van der Waals surface area contributed by atoms with Crippen molar-refractivity contribution in [3.05, 3.63) is 65.6 Å². The minimum atomic E-state index is -0.500. The molecule has 0 bridgehead atoms. The lowest BCUT2D eigenvalue weighted by Gasteiger charge is -2.28. The fourth-order valence-corrected chi connectivity index (χ4v) is 3.53. The summed E-state index contributed by atoms with van der Waals surface area (Å²) in [7, 11) is 0. The van der Waals surface area contributed by atoms with E-state index in [4.69, 9.17) is 4.74 Å². The Morgan fingerprint density at radius 1 is 1.03 bits per heavy atom. The summed E-state index contributed by atoms with van der Waals surface area (Å²) < 4.78 is 19.7. The predicted octanol–water partition coefficient (Wildman–Crippen LogP) is 4.81. The number of morpholine rings is 1. The van der Waals surface area contributed by atoms with Gasteiger partial charge in [-0.25, -0.2) is 9.37 Å². The van der Waals surface area contributed by atoms with Gasteiger partial charge in [-0.1, -0.05) is 13.0 Å². The SMILES string of the molecule is CCc1ccc(Nc2nc(Nc3ccc(N4CCOCC4)cc3)ncc2F)cc1C. The molecule has 1 aliphatic heterocycles. The van der Waals surface area contributed by atoms with E-state index in [0.29, 0.717) is 5.95 Å². The van der Waals surface area contributed by atoms with Crippen LogP contribution in [0.1, 0.15) is 18.1 Å². The molecule has 3 aromatic rings. The Balaban J connectivity index is 1.47. The van der Waals surface area contributed by atoms with Crippen molar-refractivity contribution in [2.45, 2.75) is 20.3 Å². The van der Waals surface area contributed by atoms with Crippen LogP contribution in [0.2, 0.25) is 0 Å². The van der Waals surface area contributed by atoms with Crippen LogP contribution in [0.15, 0.2) is 48.7 Å². The highest BCUT2D eigenvalue weighted by atomic mass is 19.1. The number of hydrogen-bond donors (Lipinski definition) is 2. The molecule has 0 amide bonds. The van der Waals surface area contributed by atoms with E-state index < -0.39 is 5.82 Å². The van der Waals surface area contributed by atoms with Gasteiger partial charge < -0.3 is 20.3 Å². The first-order valence-electron chi connectivity index (χ1n) is 10.2. The number of hydrogen-bond acceptors (Lipinski definition) is 6. The van der Waals surface area contributed by atoms with Gasteiger partial charge in [0.2, 0.25) is 5.95 Å². The Morgan fingerprint density at radius 2 is 1.77 bits per heavy atom. The molecule has 1 saturated heterocycles. The molecule has 0 unspecified atom stereocenters. The molecule has 156 valence electrons. The van der Waals surface area contributed by atoms with Crippen molar-refractivity contribution in [2.24, 2.45) is 0 Å². The van der Waals surface area contributed by atoms with Crippen molar-refractivity contribution in [3.8, 4) is 0 Å². The van der Waals surface area contributed by atoms with E-state index in [0.717, 1.165) is 55.3 Å². The van der Waals surface area contributed by atoms with E-state index in [2.05, 4.69) is 32.4 Å². The lowest BCUT2D eigenvalue weighted by molar-refractivity contribution is 0.122. The zero-order chi connectivity index (χ0) is 20.9. The van der Waals surface area contributed by atoms with Crippen LogP contribution in [0, 0.1) is 12.7 Å². The molecule has 1 fully saturated rings. The van der Waals surface area contributed by atoms with Crippen LogP contribution in [-0.2, 0) is 11.2 Å². The first-order valence-corrected chi connectivity index (χ1v) is 10.2. The molecule has 0 atom stereocenters. The van der Waals surface area contributed by atoms with Gasteiger partial charge in [0.25, 0.3) is 0 Å². The second kappa shape index (κ2) is 9.09. The monoisotopic (exact) mass is 407 g/mol. The fraction of sp³-hybridized carbons (Fsp3) is 0.304. The number of benzene rings is 2. The standard InChI is InChI=1S/C23H26FN5O/c1-3-17-4-5-19(14-16(17)2)26-22-21(24)15-25-23(28-22)27-18-6-8-20(9-7-18)29-10-12-30-13-11-29/h4-9,14-15H,3,10-13H2,1-2H3,(H2,25,26,27,28). The van der Waals surface area contributed by atoms with Crippen molar-refractivity contribution in [2.75, 3.05) is 41.8 Å². The van der Waals surface area contributed by atoms with Crippen molar-refractivity contribution in [1.82, 2.24) is 9.97 Å². The second-order valence-electron chi connectivity index (χ2n) is 7.28. The van der Waals surface area contributed by atoms with Crippen molar-refractivity contribution >= 4 is 28.8 Å². The largest absolute Gasteiger partial charge is 0.378 e. The van der Waals surface area contributed by atoms with Crippen LogP contribution in [0.3, 0.4) is 0 Å². The molecule has 0 aliphatic carbocycles. The molecule has 2 aromatic carbocycles. The molecule has 2 heterocycles. The normalized spacial score (nSPS) is 13.9. The minimum absolute atomic E-state index is 0.140. The van der Waals surface area contributed by atoms with Gasteiger partial charge >= 0.3 is 0 Å². The first kappa shape index (κ1) is 20.1. The van der Waals surface area contributed by atoms with Gasteiger partial charge in [0.15, 0.2) is 11.6 Å². The number of nitrogens with one attached hydrogen (secondary N) is 2. The number of anilines is 5. The van der Waals surface area contributed by atoms with E-state index in [9.17, 15) is 4.39 Å². The van der Waals surface area contributed by atoms with Gasteiger partial charge in [0, 0.05) is 30.2 Å². The average Bonchev–Trinajstić information content (AvgIpc) is 2.77. The summed E-state index contributed by atoms with van der Waals surface area (Å²) in [5.74, 6) is -0.0264. The smallest absolute Gasteiger partial charge is 0.229 e. The zero-order valence-electron chi connectivity index (χ0n) is 17.3. The molecule has 7 heteroatoms. The highest BCUT2D eigenvalue weighted by Crippen LogP contribution is 2.24. The number of halogens is 1. The van der Waals surface area contributed by atoms with Crippen LogP contribution >= 0.6 is 0 Å². The zero-order valence-corrected chi connectivity index (χ0v) is 17.3. The summed E-state index contributed by atoms with van der Waals surface area (Å²) in [4.78, 5) is 10.7. The van der Waals surface area contributed by atoms with Crippen molar-refractivity contribution in [3.63, 3.8) is 0 Å². The summed E-state index contributed by atoms with van der Waals surface area (Å²) in [5, 5.41) is 6.20. The molecule has 1 aromatic heterocycles. The summed E-state index contributed by atoms with van der Waals surface area (Å²) in [5.41, 5.74) is 5.22. The molecular weight excluding hydrogens is 381 g/mol. The third-order valence-corrected chi connectivity index (χ3v) is 5.23. The van der Waals surface area contributed by atoms with Gasteiger partial charge in [-0.15, -0.1) is 0 Å². The Labute approximate surface area is 176 Å². The van der Waals surface area contributed by atoms with Crippen LogP contribution in [0.25, 0.3) is 0 Å². The lowest BCUT2D eigenvalue weighted by atomic mass is 10.1. The topological polar surface area (TPSA) is 62.3 Å². The van der Waals surface area contributed by atoms with Gasteiger partial charge in [-0.3, -0.25) is 0 Å². The minimum Gasteiger partial charge on any atom is -0.378 e. The molecule has 2 N–H and O–H groups in total. The van der Waals surface area contributed by atoms with E-state index in [1.807, 2.05) is 49.4 Å². The van der Waals surface area contributed by atoms with Crippen LogP contribution in [0.4, 0.5) is 33.2 Å². The highest BCUT2D eigenvalue weighted by molar-refractivity contribution is 5.62. The maximum atomic E-state index is 14.3. The Bertz CT molecular complexity index is 1000. The van der Waals surface area contributed by atoms with E-state index >= 15 is 0 Å². The number of ether oxygens (including phenoxy) is 1. The predicted molar refractivity (Wildman–Crippen MR) is 119 cm³/mol. The van der Waals surface area contributed by atoms with Crippen LogP contribution in [0.5, 0.6) is 0 Å². The van der Waals surface area contributed by atoms with Crippen LogP contribution < -0.4 is 15.5 Å². The molecule has 0 radical (unpaired) electrons. The molecule has 1 aliphatic rings. The summed E-state index contributed by atoms with van der Waals surface area (Å²) in [6.45, 7) is 7.45. The number of rotatable bonds is 6. The number of nitrogens with zero attached hydrogens (tertiary/aromatic N) is 3. The highest BCUT2D eigenvalue weighted by Gasteiger charge is 2.12. The summed E-state index contributed by atoms with van der Waals surface area (Å²) in [6, 6.07) is 14.0. The van der Waals surface area contributed by atoms with Gasteiger partial charge in [-0.05, 0) is 60.9 Å². The van der Waals surface area contributed by atoms with Gasteiger partial charge in [0.1, 0.15) is 0 Å². The lowest BCUT2D eigenvalue weighted by Crippen LogP contribution is -2.36. The first-order chi connectivity index (χ1) is 14.6. The maximum Gasteiger partial charge on any atom is 0.229 e. The van der Waals surface area contributed by atoms with E-state index in [1.54, 1.807) is 0 Å². The Hall–Kier alpha value is -3.19. The molecular formula is C23H26FN5O. The molecule has 6 nitrogen and oxygen atoms in total. The fourth-order valence-electron chi connectivity index (χ4n) is 3.53. The average molecular weight is 407 g/mol. The second-order valence-corrected chi connectivity index (χ2v) is 7.28. The molecule has 0 saturated carbocycles. The number of aryl methyl sites for hydroxylation is 2. The van der Waals surface area contributed by atoms with Crippen LogP contribution in [-0.4, -0.2) is 36.3 Å². The summed E-state index contributed by atoms with van der Waals surface area (Å²) >= 11 is 0.